The first-order valence-corrected chi connectivity index (χ1v) is 10.2. The molecule has 0 bridgehead atoms. The van der Waals surface area contributed by atoms with E-state index in [9.17, 15) is 9.59 Å². The number of anilines is 1. The number of benzene rings is 1. The van der Waals surface area contributed by atoms with Gasteiger partial charge in [0.05, 0.1) is 17.4 Å². The summed E-state index contributed by atoms with van der Waals surface area (Å²) in [5.74, 6) is -0.592. The fourth-order valence-corrected chi connectivity index (χ4v) is 3.76. The van der Waals surface area contributed by atoms with Crippen LogP contribution in [0.25, 0.3) is 0 Å². The number of nitrogens with one attached hydrogen (secondary N) is 2. The highest BCUT2D eigenvalue weighted by molar-refractivity contribution is 6.30. The summed E-state index contributed by atoms with van der Waals surface area (Å²) in [4.78, 5) is 30.0. The minimum atomic E-state index is -0.886. The Morgan fingerprint density at radius 1 is 1.47 bits per heavy atom. The molecule has 3 rings (SSSR count). The van der Waals surface area contributed by atoms with E-state index in [1.807, 2.05) is 27.0 Å². The largest absolute Gasteiger partial charge is 0.478 e. The standard InChI is InChI=1S/C15H22N2O3.C6H7ClN2O/c1-10-6-11(15(18)19)8-12(7-10)17-5-4-13(16-2)14(9-17)20-3;1-2-4-6(7)9-5(3-10)8-4/h6-8,13-14,16H,4-5,9H2,1-3H3,(H,18,19);3H,2H2,1H3,(H,8,9)/t13-,14+;/m1./s1. The topological polar surface area (TPSA) is 108 Å². The summed E-state index contributed by atoms with van der Waals surface area (Å²) in [6.07, 6.45) is 2.50. The number of ether oxygens (including phenoxy) is 1. The quantitative estimate of drug-likeness (QED) is 0.597. The third-order valence-corrected chi connectivity index (χ3v) is 5.43. The fourth-order valence-electron chi connectivity index (χ4n) is 3.49. The van der Waals surface area contributed by atoms with E-state index in [0.29, 0.717) is 28.9 Å². The number of carboxylic acids is 1. The number of carboxylic acid groups (broad SMARTS) is 1. The van der Waals surface area contributed by atoms with Gasteiger partial charge in [-0.25, -0.2) is 9.78 Å². The highest BCUT2D eigenvalue weighted by Crippen LogP contribution is 2.24. The summed E-state index contributed by atoms with van der Waals surface area (Å²) in [5.41, 5.74) is 3.07. The van der Waals surface area contributed by atoms with Gasteiger partial charge in [-0.15, -0.1) is 0 Å². The van der Waals surface area contributed by atoms with Gasteiger partial charge in [-0.2, -0.15) is 0 Å². The molecule has 0 aliphatic carbocycles. The maximum absolute atomic E-state index is 11.2. The Kier molecular flexibility index (Phi) is 8.83. The van der Waals surface area contributed by atoms with Crippen LogP contribution in [0.3, 0.4) is 0 Å². The van der Waals surface area contributed by atoms with Crippen LogP contribution in [-0.4, -0.2) is 66.7 Å². The van der Waals surface area contributed by atoms with Crippen LogP contribution in [0.15, 0.2) is 18.2 Å². The third kappa shape index (κ3) is 6.04. The lowest BCUT2D eigenvalue weighted by atomic mass is 10.0. The molecule has 2 aromatic rings. The van der Waals surface area contributed by atoms with Gasteiger partial charge in [-0.3, -0.25) is 4.79 Å². The van der Waals surface area contributed by atoms with Crippen LogP contribution in [0.1, 0.15) is 45.6 Å². The van der Waals surface area contributed by atoms with E-state index < -0.39 is 5.97 Å². The number of halogens is 1. The predicted octanol–water partition coefficient (Wildman–Crippen LogP) is 2.94. The number of carbonyl (C=O) groups excluding carboxylic acids is 1. The maximum atomic E-state index is 11.2. The fraction of sp³-hybridized carbons (Fsp3) is 0.476. The number of piperidine rings is 1. The minimum Gasteiger partial charge on any atom is -0.478 e. The van der Waals surface area contributed by atoms with Crippen LogP contribution in [-0.2, 0) is 11.2 Å². The van der Waals surface area contributed by atoms with Gasteiger partial charge < -0.3 is 25.0 Å². The smallest absolute Gasteiger partial charge is 0.335 e. The van der Waals surface area contributed by atoms with Crippen molar-refractivity contribution in [2.45, 2.75) is 38.8 Å². The van der Waals surface area contributed by atoms with Gasteiger partial charge in [-0.1, -0.05) is 18.5 Å². The van der Waals surface area contributed by atoms with Gasteiger partial charge in [0.15, 0.2) is 17.3 Å². The Bertz CT molecular complexity index is 871. The molecule has 0 amide bonds. The van der Waals surface area contributed by atoms with Crippen molar-refractivity contribution in [3.05, 3.63) is 46.0 Å². The monoisotopic (exact) mass is 436 g/mol. The number of aromatic nitrogens is 2. The number of hydrogen-bond acceptors (Lipinski definition) is 6. The van der Waals surface area contributed by atoms with Crippen LogP contribution in [0, 0.1) is 6.92 Å². The first-order valence-electron chi connectivity index (χ1n) is 9.82. The van der Waals surface area contributed by atoms with Gasteiger partial charge >= 0.3 is 5.97 Å². The summed E-state index contributed by atoms with van der Waals surface area (Å²) in [6.45, 7) is 5.52. The molecule has 1 aliphatic heterocycles. The Labute approximate surface area is 181 Å². The van der Waals surface area contributed by atoms with Crippen molar-refractivity contribution in [1.29, 1.82) is 0 Å². The van der Waals surface area contributed by atoms with Gasteiger partial charge in [0.1, 0.15) is 0 Å². The molecule has 8 nitrogen and oxygen atoms in total. The Hall–Kier alpha value is -2.42. The van der Waals surface area contributed by atoms with Crippen molar-refractivity contribution < 1.29 is 19.4 Å². The van der Waals surface area contributed by atoms with Crippen molar-refractivity contribution in [2.24, 2.45) is 0 Å². The lowest BCUT2D eigenvalue weighted by Crippen LogP contribution is -2.52. The second kappa shape index (κ2) is 11.1. The van der Waals surface area contributed by atoms with E-state index in [4.69, 9.17) is 21.4 Å². The normalized spacial score (nSPS) is 18.5. The summed E-state index contributed by atoms with van der Waals surface area (Å²) in [7, 11) is 3.67. The number of nitrogens with zero attached hydrogens (tertiary/aromatic N) is 2. The zero-order chi connectivity index (χ0) is 22.3. The molecule has 1 fully saturated rings. The van der Waals surface area contributed by atoms with Crippen LogP contribution >= 0.6 is 11.6 Å². The van der Waals surface area contributed by atoms with E-state index >= 15 is 0 Å². The average molecular weight is 437 g/mol. The molecule has 1 saturated heterocycles. The van der Waals surface area contributed by atoms with Crippen molar-refractivity contribution in [3.63, 3.8) is 0 Å². The van der Waals surface area contributed by atoms with Crippen molar-refractivity contribution in [3.8, 4) is 0 Å². The molecule has 0 spiro atoms. The SMILES string of the molecule is CCc1[nH]c(C=O)nc1Cl.CN[C@@H]1CCN(c2cc(C)cc(C(=O)O)c2)C[C@@H]1OC. The highest BCUT2D eigenvalue weighted by atomic mass is 35.5. The first kappa shape index (κ1) is 23.9. The van der Waals surface area contributed by atoms with Gasteiger partial charge in [0.2, 0.25) is 0 Å². The zero-order valence-electron chi connectivity index (χ0n) is 17.7. The molecular formula is C21H29ClN4O4. The molecule has 2 atom stereocenters. The molecular weight excluding hydrogens is 408 g/mol. The third-order valence-electron chi connectivity index (χ3n) is 5.12. The summed E-state index contributed by atoms with van der Waals surface area (Å²) >= 11 is 5.62. The number of aldehydes is 1. The number of aryl methyl sites for hydroxylation is 2. The van der Waals surface area contributed by atoms with Crippen LogP contribution < -0.4 is 10.2 Å². The molecule has 164 valence electrons. The minimum absolute atomic E-state index is 0.113. The average Bonchev–Trinajstić information content (AvgIpc) is 3.13. The van der Waals surface area contributed by atoms with E-state index in [1.54, 1.807) is 19.2 Å². The molecule has 0 unspecified atom stereocenters. The zero-order valence-corrected chi connectivity index (χ0v) is 18.5. The molecule has 1 aromatic heterocycles. The second-order valence-electron chi connectivity index (χ2n) is 7.13. The van der Waals surface area contributed by atoms with Crippen molar-refractivity contribution >= 4 is 29.5 Å². The van der Waals surface area contributed by atoms with E-state index in [2.05, 4.69) is 20.2 Å². The number of methoxy groups -OCH3 is 1. The highest BCUT2D eigenvalue weighted by Gasteiger charge is 2.28. The molecule has 2 heterocycles. The first-order chi connectivity index (χ1) is 14.3. The molecule has 0 radical (unpaired) electrons. The summed E-state index contributed by atoms with van der Waals surface area (Å²) < 4.78 is 5.53. The number of likely N-dealkylation sites (N-methyl/N-ethyl adjacent to an activating group) is 1. The van der Waals surface area contributed by atoms with E-state index in [1.165, 1.54) is 0 Å². The number of H-pyrrole nitrogens is 1. The Morgan fingerprint density at radius 3 is 2.70 bits per heavy atom. The summed E-state index contributed by atoms with van der Waals surface area (Å²) in [5, 5.41) is 12.8. The number of imidazole rings is 1. The molecule has 30 heavy (non-hydrogen) atoms. The number of aromatic amines is 1. The lowest BCUT2D eigenvalue weighted by molar-refractivity contribution is 0.0628. The number of hydrogen-bond donors (Lipinski definition) is 3. The molecule has 3 N–H and O–H groups in total. The molecule has 1 aliphatic rings. The van der Waals surface area contributed by atoms with Crippen LogP contribution in [0.4, 0.5) is 5.69 Å². The van der Waals surface area contributed by atoms with Crippen LogP contribution in [0.5, 0.6) is 0 Å². The van der Waals surface area contributed by atoms with Gasteiger partial charge in [0, 0.05) is 31.9 Å². The lowest BCUT2D eigenvalue weighted by Gasteiger charge is -2.39. The Balaban J connectivity index is 0.000000269. The number of aromatic carboxylic acids is 1. The van der Waals surface area contributed by atoms with E-state index in [-0.39, 0.29) is 6.10 Å². The molecule has 1 aromatic carbocycles. The number of carbonyl (C=O) groups is 2. The van der Waals surface area contributed by atoms with Gasteiger partial charge in [0.25, 0.3) is 0 Å². The van der Waals surface area contributed by atoms with E-state index in [0.717, 1.165) is 42.9 Å². The van der Waals surface area contributed by atoms with Crippen molar-refractivity contribution in [1.82, 2.24) is 15.3 Å². The van der Waals surface area contributed by atoms with Gasteiger partial charge in [-0.05, 0) is 50.6 Å². The maximum Gasteiger partial charge on any atom is 0.335 e. The molecule has 9 heteroatoms. The summed E-state index contributed by atoms with van der Waals surface area (Å²) in [6, 6.07) is 5.81. The van der Waals surface area contributed by atoms with Crippen LogP contribution in [0.2, 0.25) is 5.15 Å². The predicted molar refractivity (Wildman–Crippen MR) is 117 cm³/mol. The van der Waals surface area contributed by atoms with Crippen molar-refractivity contribution in [2.75, 3.05) is 32.1 Å². The number of rotatable bonds is 6. The Morgan fingerprint density at radius 2 is 2.20 bits per heavy atom. The molecule has 0 saturated carbocycles. The second-order valence-corrected chi connectivity index (χ2v) is 7.49.